The third-order valence-electron chi connectivity index (χ3n) is 3.72. The molecule has 8 heteroatoms. The van der Waals surface area contributed by atoms with E-state index in [1.165, 1.54) is 17.6 Å². The molecule has 0 saturated carbocycles. The predicted octanol–water partition coefficient (Wildman–Crippen LogP) is 1.63. The molecular weight excluding hydrogens is 334 g/mol. The van der Waals surface area contributed by atoms with E-state index < -0.39 is 9.84 Å². The normalized spacial score (nSPS) is 17.6. The van der Waals surface area contributed by atoms with Crippen LogP contribution in [0, 0.1) is 0 Å². The summed E-state index contributed by atoms with van der Waals surface area (Å²) in [5, 5.41) is 5.33. The molecule has 2 aromatic rings. The van der Waals surface area contributed by atoms with E-state index in [9.17, 15) is 8.42 Å². The van der Waals surface area contributed by atoms with Crippen molar-refractivity contribution >= 4 is 21.2 Å². The number of benzene rings is 1. The Bertz CT molecular complexity index is 845. The van der Waals surface area contributed by atoms with Gasteiger partial charge >= 0.3 is 0 Å². The lowest BCUT2D eigenvalue weighted by Crippen LogP contribution is -2.23. The highest BCUT2D eigenvalue weighted by molar-refractivity contribution is 7.90. The van der Waals surface area contributed by atoms with Crippen LogP contribution in [0.25, 0.3) is 10.6 Å². The molecule has 0 bridgehead atoms. The number of sulfone groups is 1. The highest BCUT2D eigenvalue weighted by Gasteiger charge is 2.14. The smallest absolute Gasteiger partial charge is 0.203 e. The number of ether oxygens (including phenoxy) is 1. The topological polar surface area (TPSA) is 73.5 Å². The molecule has 0 aliphatic carbocycles. The van der Waals surface area contributed by atoms with Gasteiger partial charge in [-0.3, -0.25) is 4.99 Å². The van der Waals surface area contributed by atoms with Crippen molar-refractivity contribution in [2.75, 3.05) is 19.5 Å². The first-order chi connectivity index (χ1) is 10.9. The summed E-state index contributed by atoms with van der Waals surface area (Å²) >= 11 is 1.51. The van der Waals surface area contributed by atoms with Gasteiger partial charge < -0.3 is 4.74 Å². The molecule has 1 saturated heterocycles. The Labute approximate surface area is 139 Å². The van der Waals surface area contributed by atoms with Gasteiger partial charge in [-0.15, -0.1) is 0 Å². The van der Waals surface area contributed by atoms with Crippen LogP contribution in [-0.4, -0.2) is 43.7 Å². The summed E-state index contributed by atoms with van der Waals surface area (Å²) in [5.74, 6) is 0. The molecule has 0 unspecified atom stereocenters. The van der Waals surface area contributed by atoms with E-state index in [2.05, 4.69) is 5.10 Å². The molecule has 1 aromatic heterocycles. The molecular formula is C15H19N3O3S2. The van der Waals surface area contributed by atoms with Gasteiger partial charge in [0.1, 0.15) is 5.01 Å². The van der Waals surface area contributed by atoms with Crippen LogP contribution in [-0.2, 0) is 21.6 Å². The van der Waals surface area contributed by atoms with Crippen molar-refractivity contribution < 1.29 is 13.2 Å². The lowest BCUT2D eigenvalue weighted by atomic mass is 10.1. The Kier molecular flexibility index (Phi) is 4.65. The minimum Gasteiger partial charge on any atom is -0.381 e. The molecule has 6 nitrogen and oxygen atoms in total. The molecule has 3 rings (SSSR count). The van der Waals surface area contributed by atoms with Crippen LogP contribution in [0.1, 0.15) is 12.8 Å². The second-order valence-electron chi connectivity index (χ2n) is 5.58. The van der Waals surface area contributed by atoms with Crippen LogP contribution < -0.4 is 4.80 Å². The maximum Gasteiger partial charge on any atom is 0.203 e. The SMILES string of the molecule is Cn1nc(-c2ccc(S(C)(=O)=O)cc2)sc1=NC1CCOCC1. The summed E-state index contributed by atoms with van der Waals surface area (Å²) in [6, 6.07) is 7.08. The number of hydrogen-bond acceptors (Lipinski definition) is 6. The maximum atomic E-state index is 11.5. The monoisotopic (exact) mass is 353 g/mol. The number of rotatable bonds is 3. The van der Waals surface area contributed by atoms with Crippen LogP contribution >= 0.6 is 11.3 Å². The molecule has 124 valence electrons. The van der Waals surface area contributed by atoms with Crippen LogP contribution in [0.4, 0.5) is 0 Å². The Hall–Kier alpha value is -1.51. The lowest BCUT2D eigenvalue weighted by Gasteiger charge is -2.17. The van der Waals surface area contributed by atoms with Gasteiger partial charge in [0.15, 0.2) is 9.84 Å². The van der Waals surface area contributed by atoms with Crippen LogP contribution in [0.5, 0.6) is 0 Å². The highest BCUT2D eigenvalue weighted by atomic mass is 32.2. The summed E-state index contributed by atoms with van der Waals surface area (Å²) in [7, 11) is -1.30. The third-order valence-corrected chi connectivity index (χ3v) is 5.91. The molecule has 0 N–H and O–H groups in total. The average Bonchev–Trinajstić information content (AvgIpc) is 2.89. The molecule has 1 aliphatic heterocycles. The van der Waals surface area contributed by atoms with Gasteiger partial charge in [0.2, 0.25) is 4.80 Å². The molecule has 23 heavy (non-hydrogen) atoms. The fourth-order valence-electron chi connectivity index (χ4n) is 2.39. The van der Waals surface area contributed by atoms with E-state index >= 15 is 0 Å². The predicted molar refractivity (Wildman–Crippen MR) is 89.0 cm³/mol. The van der Waals surface area contributed by atoms with Crippen LogP contribution in [0.3, 0.4) is 0 Å². The Balaban J connectivity index is 1.89. The molecule has 0 spiro atoms. The quantitative estimate of drug-likeness (QED) is 0.841. The summed E-state index contributed by atoms with van der Waals surface area (Å²) in [6.07, 6.45) is 3.09. The first kappa shape index (κ1) is 16.4. The van der Waals surface area contributed by atoms with Gasteiger partial charge in [0.05, 0.1) is 10.9 Å². The average molecular weight is 353 g/mol. The van der Waals surface area contributed by atoms with E-state index in [-0.39, 0.29) is 6.04 Å². The standard InChI is InChI=1S/C15H19N3O3S2/c1-18-15(16-12-7-9-21-10-8-12)22-14(17-18)11-3-5-13(6-4-11)23(2,19)20/h3-6,12H,7-10H2,1-2H3. The summed E-state index contributed by atoms with van der Waals surface area (Å²) in [6.45, 7) is 1.52. The zero-order valence-corrected chi connectivity index (χ0v) is 14.7. The van der Waals surface area contributed by atoms with Crippen molar-refractivity contribution in [1.82, 2.24) is 9.78 Å². The van der Waals surface area contributed by atoms with E-state index in [0.717, 1.165) is 41.4 Å². The number of hydrogen-bond donors (Lipinski definition) is 0. The van der Waals surface area contributed by atoms with Gasteiger partial charge in [-0.2, -0.15) is 5.10 Å². The molecule has 1 aromatic carbocycles. The Morgan fingerprint density at radius 3 is 2.52 bits per heavy atom. The zero-order chi connectivity index (χ0) is 16.4. The maximum absolute atomic E-state index is 11.5. The molecule has 0 atom stereocenters. The summed E-state index contributed by atoms with van der Waals surface area (Å²) < 4.78 is 30.2. The highest BCUT2D eigenvalue weighted by Crippen LogP contribution is 2.21. The largest absolute Gasteiger partial charge is 0.381 e. The molecule has 2 heterocycles. The Morgan fingerprint density at radius 2 is 1.91 bits per heavy atom. The second-order valence-corrected chi connectivity index (χ2v) is 8.55. The fourth-order valence-corrected chi connectivity index (χ4v) is 3.99. The minimum atomic E-state index is -3.18. The van der Waals surface area contributed by atoms with Crippen LogP contribution in [0.15, 0.2) is 34.2 Å². The third kappa shape index (κ3) is 3.88. The summed E-state index contributed by atoms with van der Waals surface area (Å²) in [4.78, 5) is 5.95. The number of aryl methyl sites for hydroxylation is 1. The van der Waals surface area contributed by atoms with Crippen molar-refractivity contribution in [3.8, 4) is 10.6 Å². The lowest BCUT2D eigenvalue weighted by molar-refractivity contribution is 0.0862. The van der Waals surface area contributed by atoms with E-state index in [0.29, 0.717) is 4.90 Å². The van der Waals surface area contributed by atoms with Crippen molar-refractivity contribution in [2.24, 2.45) is 12.0 Å². The van der Waals surface area contributed by atoms with E-state index in [1.807, 2.05) is 7.05 Å². The van der Waals surface area contributed by atoms with Crippen molar-refractivity contribution in [1.29, 1.82) is 0 Å². The van der Waals surface area contributed by atoms with Crippen LogP contribution in [0.2, 0.25) is 0 Å². The van der Waals surface area contributed by atoms with E-state index in [1.54, 1.807) is 28.9 Å². The van der Waals surface area contributed by atoms with Crippen molar-refractivity contribution in [3.05, 3.63) is 29.1 Å². The van der Waals surface area contributed by atoms with Gasteiger partial charge in [0, 0.05) is 32.1 Å². The van der Waals surface area contributed by atoms with Gasteiger partial charge in [-0.25, -0.2) is 13.1 Å². The van der Waals surface area contributed by atoms with Crippen molar-refractivity contribution in [3.63, 3.8) is 0 Å². The second kappa shape index (κ2) is 6.54. The molecule has 1 fully saturated rings. The van der Waals surface area contributed by atoms with Gasteiger partial charge in [-0.1, -0.05) is 23.5 Å². The number of nitrogens with zero attached hydrogens (tertiary/aromatic N) is 3. The fraction of sp³-hybridized carbons (Fsp3) is 0.467. The van der Waals surface area contributed by atoms with Crippen molar-refractivity contribution in [2.45, 2.75) is 23.8 Å². The first-order valence-electron chi connectivity index (χ1n) is 7.40. The van der Waals surface area contributed by atoms with E-state index in [4.69, 9.17) is 9.73 Å². The first-order valence-corrected chi connectivity index (χ1v) is 10.1. The Morgan fingerprint density at radius 1 is 1.26 bits per heavy atom. The van der Waals surface area contributed by atoms with Gasteiger partial charge in [-0.05, 0) is 25.0 Å². The zero-order valence-electron chi connectivity index (χ0n) is 13.1. The number of aromatic nitrogens is 2. The molecule has 0 radical (unpaired) electrons. The molecule has 1 aliphatic rings. The molecule has 0 amide bonds. The summed E-state index contributed by atoms with van der Waals surface area (Å²) in [5.41, 5.74) is 0.895. The minimum absolute atomic E-state index is 0.288. The van der Waals surface area contributed by atoms with Gasteiger partial charge in [0.25, 0.3) is 0 Å².